The molecule has 1 saturated carbocycles. The molecule has 0 heterocycles. The number of guanidine groups is 1. The van der Waals surface area contributed by atoms with E-state index < -0.39 is 0 Å². The molecule has 0 saturated heterocycles. The summed E-state index contributed by atoms with van der Waals surface area (Å²) < 4.78 is 4.70. The summed E-state index contributed by atoms with van der Waals surface area (Å²) in [7, 11) is 3.16. The Balaban J connectivity index is 0.00000441. The summed E-state index contributed by atoms with van der Waals surface area (Å²) in [6.45, 7) is 3.31. The van der Waals surface area contributed by atoms with Gasteiger partial charge >= 0.3 is 5.97 Å². The smallest absolute Gasteiger partial charge is 0.310 e. The zero-order valence-electron chi connectivity index (χ0n) is 14.2. The lowest BCUT2D eigenvalue weighted by molar-refractivity contribution is -0.144. The second-order valence-corrected chi connectivity index (χ2v) is 5.95. The molecular formula is C16H32IN3O2. The highest BCUT2D eigenvalue weighted by molar-refractivity contribution is 14.0. The molecule has 1 fully saturated rings. The van der Waals surface area contributed by atoms with E-state index >= 15 is 0 Å². The van der Waals surface area contributed by atoms with Crippen molar-refractivity contribution in [2.75, 3.05) is 27.2 Å². The third-order valence-corrected chi connectivity index (χ3v) is 4.21. The molecule has 0 amide bonds. The second-order valence-electron chi connectivity index (χ2n) is 5.95. The van der Waals surface area contributed by atoms with Gasteiger partial charge in [-0.05, 0) is 12.3 Å². The van der Waals surface area contributed by atoms with Gasteiger partial charge in [-0.25, -0.2) is 0 Å². The fourth-order valence-corrected chi connectivity index (χ4v) is 2.82. The molecule has 1 aliphatic rings. The summed E-state index contributed by atoms with van der Waals surface area (Å²) in [6, 6.07) is 0. The van der Waals surface area contributed by atoms with E-state index in [4.69, 9.17) is 4.74 Å². The largest absolute Gasteiger partial charge is 0.469 e. The summed E-state index contributed by atoms with van der Waals surface area (Å²) in [5.41, 5.74) is 0. The first-order valence-electron chi connectivity index (χ1n) is 8.19. The number of hydrogen-bond acceptors (Lipinski definition) is 3. The zero-order chi connectivity index (χ0) is 15.5. The van der Waals surface area contributed by atoms with Gasteiger partial charge in [-0.2, -0.15) is 0 Å². The van der Waals surface area contributed by atoms with Gasteiger partial charge in [0.05, 0.1) is 13.0 Å². The van der Waals surface area contributed by atoms with Crippen LogP contribution in [-0.2, 0) is 9.53 Å². The molecule has 6 heteroatoms. The standard InChI is InChI=1S/C16H31N3O2.HI/c1-13(15(20)21-3)12-19-16(17-2)18-11-7-6-10-14-8-4-5-9-14;/h13-14H,4-12H2,1-3H3,(H2,17,18,19);1H. The number of methoxy groups -OCH3 is 1. The predicted molar refractivity (Wildman–Crippen MR) is 102 cm³/mol. The first-order chi connectivity index (χ1) is 10.2. The van der Waals surface area contributed by atoms with Gasteiger partial charge in [-0.15, -0.1) is 24.0 Å². The van der Waals surface area contributed by atoms with Crippen molar-refractivity contribution in [3.05, 3.63) is 0 Å². The van der Waals surface area contributed by atoms with E-state index in [1.165, 1.54) is 52.1 Å². The van der Waals surface area contributed by atoms with Crippen LogP contribution in [0.15, 0.2) is 4.99 Å². The Bertz CT molecular complexity index is 331. The topological polar surface area (TPSA) is 62.7 Å². The zero-order valence-corrected chi connectivity index (χ0v) is 16.5. The number of unbranched alkanes of at least 4 members (excludes halogenated alkanes) is 1. The third kappa shape index (κ3) is 8.80. The van der Waals surface area contributed by atoms with Crippen molar-refractivity contribution in [2.24, 2.45) is 16.8 Å². The van der Waals surface area contributed by atoms with E-state index in [-0.39, 0.29) is 35.9 Å². The fourth-order valence-electron chi connectivity index (χ4n) is 2.82. The molecule has 0 aromatic rings. The van der Waals surface area contributed by atoms with E-state index in [1.54, 1.807) is 7.05 Å². The van der Waals surface area contributed by atoms with Crippen LogP contribution in [0.3, 0.4) is 0 Å². The van der Waals surface area contributed by atoms with E-state index in [0.717, 1.165) is 18.4 Å². The number of carbonyl (C=O) groups excluding carboxylic acids is 1. The van der Waals surface area contributed by atoms with Crippen LogP contribution in [0.1, 0.15) is 51.9 Å². The molecule has 1 aliphatic carbocycles. The first kappa shape index (κ1) is 21.5. The van der Waals surface area contributed by atoms with E-state index in [0.29, 0.717) is 6.54 Å². The van der Waals surface area contributed by atoms with Crippen molar-refractivity contribution < 1.29 is 9.53 Å². The Morgan fingerprint density at radius 2 is 1.95 bits per heavy atom. The summed E-state index contributed by atoms with van der Waals surface area (Å²) in [6.07, 6.45) is 9.55. The maximum Gasteiger partial charge on any atom is 0.310 e. The summed E-state index contributed by atoms with van der Waals surface area (Å²) in [5.74, 6) is 1.36. The van der Waals surface area contributed by atoms with Crippen LogP contribution in [0.4, 0.5) is 0 Å². The minimum Gasteiger partial charge on any atom is -0.469 e. The second kappa shape index (κ2) is 13.0. The van der Waals surface area contributed by atoms with Crippen molar-refractivity contribution in [2.45, 2.75) is 51.9 Å². The fraction of sp³-hybridized carbons (Fsp3) is 0.875. The number of halogens is 1. The van der Waals surface area contributed by atoms with Gasteiger partial charge in [0.2, 0.25) is 0 Å². The first-order valence-corrected chi connectivity index (χ1v) is 8.19. The highest BCUT2D eigenvalue weighted by atomic mass is 127. The average Bonchev–Trinajstić information content (AvgIpc) is 3.02. The van der Waals surface area contributed by atoms with Gasteiger partial charge in [0.15, 0.2) is 5.96 Å². The molecule has 0 spiro atoms. The lowest BCUT2D eigenvalue weighted by atomic mass is 10.0. The van der Waals surface area contributed by atoms with Crippen molar-refractivity contribution in [1.29, 1.82) is 0 Å². The SMILES string of the molecule is CN=C(NCCCCC1CCCC1)NCC(C)C(=O)OC.I. The lowest BCUT2D eigenvalue weighted by Gasteiger charge is -2.15. The maximum absolute atomic E-state index is 11.3. The molecule has 5 nitrogen and oxygen atoms in total. The number of nitrogens with one attached hydrogen (secondary N) is 2. The number of nitrogens with zero attached hydrogens (tertiary/aromatic N) is 1. The van der Waals surface area contributed by atoms with Gasteiger partial charge < -0.3 is 15.4 Å². The Morgan fingerprint density at radius 1 is 1.27 bits per heavy atom. The number of rotatable bonds is 8. The van der Waals surface area contributed by atoms with Crippen LogP contribution < -0.4 is 10.6 Å². The minimum atomic E-state index is -0.200. The van der Waals surface area contributed by atoms with Crippen molar-refractivity contribution in [1.82, 2.24) is 10.6 Å². The van der Waals surface area contributed by atoms with Crippen LogP contribution in [0, 0.1) is 11.8 Å². The molecule has 0 aliphatic heterocycles. The Hall–Kier alpha value is -0.530. The van der Waals surface area contributed by atoms with Crippen LogP contribution in [-0.4, -0.2) is 39.2 Å². The molecule has 1 unspecified atom stereocenters. The molecule has 0 aromatic carbocycles. The van der Waals surface area contributed by atoms with E-state index in [9.17, 15) is 4.79 Å². The monoisotopic (exact) mass is 425 g/mol. The molecule has 2 N–H and O–H groups in total. The molecule has 0 radical (unpaired) electrons. The molecule has 22 heavy (non-hydrogen) atoms. The molecule has 0 aromatic heterocycles. The average molecular weight is 425 g/mol. The van der Waals surface area contributed by atoms with Crippen LogP contribution >= 0.6 is 24.0 Å². The summed E-state index contributed by atoms with van der Waals surface area (Å²) >= 11 is 0. The molecule has 1 atom stereocenters. The van der Waals surface area contributed by atoms with Crippen molar-refractivity contribution in [3.8, 4) is 0 Å². The number of esters is 1. The number of ether oxygens (including phenoxy) is 1. The number of carbonyl (C=O) groups is 1. The quantitative estimate of drug-likeness (QED) is 0.206. The highest BCUT2D eigenvalue weighted by Gasteiger charge is 2.14. The van der Waals surface area contributed by atoms with Crippen molar-refractivity contribution in [3.63, 3.8) is 0 Å². The molecule has 1 rings (SSSR count). The lowest BCUT2D eigenvalue weighted by Crippen LogP contribution is -2.41. The highest BCUT2D eigenvalue weighted by Crippen LogP contribution is 2.28. The van der Waals surface area contributed by atoms with Crippen molar-refractivity contribution >= 4 is 35.9 Å². The Labute approximate surface area is 152 Å². The molecular weight excluding hydrogens is 393 g/mol. The molecule has 0 bridgehead atoms. The van der Waals surface area contributed by atoms with Gasteiger partial charge in [0.1, 0.15) is 0 Å². The van der Waals surface area contributed by atoms with Crippen LogP contribution in [0.25, 0.3) is 0 Å². The van der Waals surface area contributed by atoms with Crippen LogP contribution in [0.2, 0.25) is 0 Å². The van der Waals surface area contributed by atoms with E-state index in [2.05, 4.69) is 15.6 Å². The normalized spacial score (nSPS) is 16.8. The van der Waals surface area contributed by atoms with E-state index in [1.807, 2.05) is 6.92 Å². The molecule has 130 valence electrons. The Kier molecular flexibility index (Phi) is 12.6. The van der Waals surface area contributed by atoms with Gasteiger partial charge in [-0.3, -0.25) is 9.79 Å². The third-order valence-electron chi connectivity index (χ3n) is 4.21. The summed E-state index contributed by atoms with van der Waals surface area (Å²) in [4.78, 5) is 15.5. The van der Waals surface area contributed by atoms with Gasteiger partial charge in [0.25, 0.3) is 0 Å². The Morgan fingerprint density at radius 3 is 2.55 bits per heavy atom. The minimum absolute atomic E-state index is 0. The summed E-state index contributed by atoms with van der Waals surface area (Å²) in [5, 5.41) is 6.45. The maximum atomic E-state index is 11.3. The number of hydrogen-bond donors (Lipinski definition) is 2. The number of aliphatic imine (C=N–C) groups is 1. The van der Waals surface area contributed by atoms with Gasteiger partial charge in [0, 0.05) is 20.1 Å². The van der Waals surface area contributed by atoms with Gasteiger partial charge in [-0.1, -0.05) is 45.4 Å². The predicted octanol–water partition coefficient (Wildman–Crippen LogP) is 2.94. The van der Waals surface area contributed by atoms with Crippen LogP contribution in [0.5, 0.6) is 0 Å².